The molecule has 0 radical (unpaired) electrons. The Hall–Kier alpha value is -0.880. The van der Waals surface area contributed by atoms with Crippen LogP contribution < -0.4 is 0 Å². The summed E-state index contributed by atoms with van der Waals surface area (Å²) >= 11 is 0. The van der Waals surface area contributed by atoms with Crippen LogP contribution in [0.25, 0.3) is 0 Å². The monoisotopic (exact) mass is 261 g/mol. The Labute approximate surface area is 96.9 Å². The van der Waals surface area contributed by atoms with Crippen molar-refractivity contribution in [1.82, 2.24) is 0 Å². The van der Waals surface area contributed by atoms with Crippen LogP contribution in [0.5, 0.6) is 0 Å². The highest BCUT2D eigenvalue weighted by Crippen LogP contribution is 2.14. The molecule has 0 saturated carbocycles. The first-order valence-corrected chi connectivity index (χ1v) is 8.33. The second-order valence-electron chi connectivity index (χ2n) is 3.61. The lowest BCUT2D eigenvalue weighted by Crippen LogP contribution is -2.05. The van der Waals surface area contributed by atoms with E-state index in [4.69, 9.17) is 0 Å². The molecule has 1 aromatic rings. The molecule has 0 spiro atoms. The summed E-state index contributed by atoms with van der Waals surface area (Å²) in [5.74, 6) is 0.220. The van der Waals surface area contributed by atoms with E-state index in [0.717, 1.165) is 5.56 Å². The van der Waals surface area contributed by atoms with Crippen molar-refractivity contribution >= 4 is 19.8 Å². The van der Waals surface area contributed by atoms with Crippen LogP contribution in [0, 0.1) is 6.92 Å². The predicted molar refractivity (Wildman–Crippen MR) is 65.4 cm³/mol. The molecule has 1 aromatic carbocycles. The lowest BCUT2D eigenvalue weighted by atomic mass is 10.2. The number of rotatable bonds is 3. The van der Waals surface area contributed by atoms with Crippen LogP contribution in [0.3, 0.4) is 0 Å². The maximum absolute atomic E-state index is 11.8. The molecule has 0 amide bonds. The van der Waals surface area contributed by atoms with Crippen molar-refractivity contribution in [2.75, 3.05) is 12.0 Å². The first kappa shape index (κ1) is 13.2. The third-order valence-corrected chi connectivity index (χ3v) is 6.10. The molecular weight excluding hydrogens is 246 g/mol. The first-order chi connectivity index (χ1) is 7.27. The molecule has 0 aromatic heterocycles. The van der Waals surface area contributed by atoms with Crippen molar-refractivity contribution in [2.45, 2.75) is 18.7 Å². The Morgan fingerprint density at radius 3 is 2.06 bits per heavy atom. The molecule has 4 nitrogen and oxygen atoms in total. The molecule has 1 atom stereocenters. The van der Waals surface area contributed by atoms with Gasteiger partial charge >= 0.3 is 0 Å². The van der Waals surface area contributed by atoms with Gasteiger partial charge in [0.1, 0.15) is 0 Å². The second kappa shape index (κ2) is 4.55. The average molecular weight is 261 g/mol. The molecule has 90 valence electrons. The highest BCUT2D eigenvalue weighted by molar-refractivity contribution is 8.02. The molecule has 0 N–H and O–H groups in total. The fraction of sp³-hybridized carbons (Fsp3) is 0.400. The number of nitrogens with zero attached hydrogens (tertiary/aromatic N) is 1. The average Bonchev–Trinajstić information content (AvgIpc) is 2.17. The van der Waals surface area contributed by atoms with Gasteiger partial charge in [-0.1, -0.05) is 24.6 Å². The number of sulfonamides is 1. The molecule has 1 rings (SSSR count). The normalized spacial score (nSPS) is 15.4. The third kappa shape index (κ3) is 3.31. The van der Waals surface area contributed by atoms with Gasteiger partial charge in [0.25, 0.3) is 10.0 Å². The minimum absolute atomic E-state index is 0.0844. The van der Waals surface area contributed by atoms with Crippen LogP contribution in [0.2, 0.25) is 0 Å². The van der Waals surface area contributed by atoms with Gasteiger partial charge < -0.3 is 0 Å². The van der Waals surface area contributed by atoms with E-state index in [9.17, 15) is 12.6 Å². The van der Waals surface area contributed by atoms with E-state index in [-0.39, 0.29) is 10.6 Å². The zero-order valence-corrected chi connectivity index (χ0v) is 11.1. The second-order valence-corrected chi connectivity index (χ2v) is 8.12. The molecule has 0 aliphatic heterocycles. The number of benzene rings is 1. The van der Waals surface area contributed by atoms with Crippen molar-refractivity contribution in [3.63, 3.8) is 0 Å². The van der Waals surface area contributed by atoms with Crippen molar-refractivity contribution in [3.8, 4) is 0 Å². The Bertz CT molecular complexity index is 579. The van der Waals surface area contributed by atoms with Crippen molar-refractivity contribution in [3.05, 3.63) is 29.8 Å². The van der Waals surface area contributed by atoms with E-state index in [1.807, 2.05) is 6.92 Å². The summed E-state index contributed by atoms with van der Waals surface area (Å²) in [7, 11) is -6.45. The SMILES string of the molecule is CCS(C)(=O)=NS(=O)(=O)c1ccc(C)cc1. The van der Waals surface area contributed by atoms with Crippen molar-refractivity contribution < 1.29 is 12.6 Å². The molecule has 0 fully saturated rings. The number of hydrogen-bond donors (Lipinski definition) is 0. The molecular formula is C10H15NO3S2. The van der Waals surface area contributed by atoms with E-state index >= 15 is 0 Å². The van der Waals surface area contributed by atoms with Gasteiger partial charge in [-0.3, -0.25) is 0 Å². The van der Waals surface area contributed by atoms with Crippen molar-refractivity contribution in [2.24, 2.45) is 3.77 Å². The summed E-state index contributed by atoms with van der Waals surface area (Å²) in [6.45, 7) is 3.51. The topological polar surface area (TPSA) is 63.6 Å². The van der Waals surface area contributed by atoms with Crippen LogP contribution in [0.4, 0.5) is 0 Å². The fourth-order valence-corrected chi connectivity index (χ4v) is 3.92. The Balaban J connectivity index is 3.29. The van der Waals surface area contributed by atoms with Gasteiger partial charge in [-0.05, 0) is 19.1 Å². The lowest BCUT2D eigenvalue weighted by Gasteiger charge is -2.02. The molecule has 16 heavy (non-hydrogen) atoms. The summed E-state index contributed by atoms with van der Waals surface area (Å²) in [5, 5.41) is 0. The maximum atomic E-state index is 11.8. The molecule has 0 heterocycles. The standard InChI is InChI=1S/C10H15NO3S2/c1-4-15(3,12)11-16(13,14)10-7-5-9(2)6-8-10/h5-8H,4H2,1-3H3. The Kier molecular flexibility index (Phi) is 3.75. The summed E-state index contributed by atoms with van der Waals surface area (Å²) in [5.41, 5.74) is 0.965. The lowest BCUT2D eigenvalue weighted by molar-refractivity contribution is 0.598. The predicted octanol–water partition coefficient (Wildman–Crippen LogP) is 1.80. The Morgan fingerprint density at radius 1 is 1.12 bits per heavy atom. The molecule has 0 bridgehead atoms. The molecule has 1 unspecified atom stereocenters. The molecule has 0 aliphatic rings. The summed E-state index contributed by atoms with van der Waals surface area (Å²) < 4.78 is 38.7. The number of hydrogen-bond acceptors (Lipinski definition) is 3. The van der Waals surface area contributed by atoms with Crippen LogP contribution in [0.15, 0.2) is 32.9 Å². The van der Waals surface area contributed by atoms with Crippen LogP contribution >= 0.6 is 0 Å². The van der Waals surface area contributed by atoms with Gasteiger partial charge in [-0.15, -0.1) is 3.77 Å². The van der Waals surface area contributed by atoms with E-state index in [2.05, 4.69) is 3.77 Å². The molecule has 0 aliphatic carbocycles. The summed E-state index contributed by atoms with van der Waals surface area (Å²) in [6, 6.07) is 6.32. The fourth-order valence-electron chi connectivity index (χ4n) is 1.01. The highest BCUT2D eigenvalue weighted by Gasteiger charge is 2.14. The van der Waals surface area contributed by atoms with Crippen LogP contribution in [0.1, 0.15) is 12.5 Å². The quantitative estimate of drug-likeness (QED) is 0.833. The third-order valence-electron chi connectivity index (χ3n) is 2.11. The number of aryl methyl sites for hydroxylation is 1. The van der Waals surface area contributed by atoms with E-state index in [0.29, 0.717) is 0 Å². The minimum Gasteiger partial charge on any atom is -0.249 e. The highest BCUT2D eigenvalue weighted by atomic mass is 32.3. The largest absolute Gasteiger partial charge is 0.290 e. The van der Waals surface area contributed by atoms with Gasteiger partial charge in [0.2, 0.25) is 0 Å². The van der Waals surface area contributed by atoms with E-state index in [1.165, 1.54) is 18.4 Å². The van der Waals surface area contributed by atoms with Gasteiger partial charge in [0.15, 0.2) is 0 Å². The van der Waals surface area contributed by atoms with Gasteiger partial charge in [0, 0.05) is 12.0 Å². The first-order valence-electron chi connectivity index (χ1n) is 4.79. The van der Waals surface area contributed by atoms with Crippen LogP contribution in [-0.4, -0.2) is 24.6 Å². The zero-order valence-electron chi connectivity index (χ0n) is 9.50. The summed E-state index contributed by atoms with van der Waals surface area (Å²) in [4.78, 5) is 0.0844. The van der Waals surface area contributed by atoms with Gasteiger partial charge in [-0.2, -0.15) is 8.42 Å². The van der Waals surface area contributed by atoms with E-state index in [1.54, 1.807) is 19.1 Å². The zero-order chi connectivity index (χ0) is 12.4. The smallest absolute Gasteiger partial charge is 0.249 e. The minimum atomic E-state index is -3.80. The maximum Gasteiger partial charge on any atom is 0.290 e. The summed E-state index contributed by atoms with van der Waals surface area (Å²) in [6.07, 6.45) is 1.35. The van der Waals surface area contributed by atoms with Crippen molar-refractivity contribution in [1.29, 1.82) is 0 Å². The van der Waals surface area contributed by atoms with E-state index < -0.39 is 19.8 Å². The molecule has 6 heteroatoms. The van der Waals surface area contributed by atoms with Gasteiger partial charge in [0.05, 0.1) is 14.6 Å². The Morgan fingerprint density at radius 2 is 1.62 bits per heavy atom. The van der Waals surface area contributed by atoms with Crippen LogP contribution in [-0.2, 0) is 19.8 Å². The van der Waals surface area contributed by atoms with Gasteiger partial charge in [-0.25, -0.2) is 4.21 Å². The molecule has 0 saturated heterocycles.